The molecule has 0 fully saturated rings. The number of carbonyl (C=O) groups excluding carboxylic acids is 1. The molecule has 0 saturated carbocycles. The van der Waals surface area contributed by atoms with Crippen LogP contribution in [0.25, 0.3) is 10.9 Å². The summed E-state index contributed by atoms with van der Waals surface area (Å²) < 4.78 is 49.5. The molecule has 1 amide bonds. The molecule has 0 aliphatic heterocycles. The number of amides is 1. The molecule has 0 aliphatic carbocycles. The Morgan fingerprint density at radius 1 is 1.11 bits per heavy atom. The van der Waals surface area contributed by atoms with Gasteiger partial charge in [-0.3, -0.25) is 10.3 Å². The van der Waals surface area contributed by atoms with Crippen molar-refractivity contribution in [3.63, 3.8) is 0 Å². The molecule has 1 N–H and O–H groups in total. The van der Waals surface area contributed by atoms with Crippen LogP contribution in [0.15, 0.2) is 54.7 Å². The highest BCUT2D eigenvalue weighted by Crippen LogP contribution is 2.36. The topological polar surface area (TPSA) is 60.5 Å². The zero-order valence-corrected chi connectivity index (χ0v) is 15.1. The summed E-state index contributed by atoms with van der Waals surface area (Å²) in [5.74, 6) is 0.513. The zero-order chi connectivity index (χ0) is 20.1. The molecule has 1 heterocycles. The van der Waals surface area contributed by atoms with E-state index in [1.807, 2.05) is 12.1 Å². The highest BCUT2D eigenvalue weighted by atomic mass is 35.5. The van der Waals surface area contributed by atoms with Gasteiger partial charge in [0.2, 0.25) is 0 Å². The lowest BCUT2D eigenvalue weighted by Crippen LogP contribution is -2.20. The molecule has 0 saturated heterocycles. The predicted octanol–water partition coefficient (Wildman–Crippen LogP) is 5.53. The highest BCUT2D eigenvalue weighted by Gasteiger charge is 2.34. The van der Waals surface area contributed by atoms with E-state index in [9.17, 15) is 18.0 Å². The van der Waals surface area contributed by atoms with Crippen molar-refractivity contribution >= 4 is 34.3 Å². The Bertz CT molecular complexity index is 990. The van der Waals surface area contributed by atoms with Gasteiger partial charge in [-0.15, -0.1) is 0 Å². The molecule has 0 spiro atoms. The number of carbonyl (C=O) groups is 1. The number of alkyl halides is 3. The van der Waals surface area contributed by atoms with Crippen molar-refractivity contribution < 1.29 is 27.4 Å². The molecule has 9 heteroatoms. The molecule has 1 aromatic heterocycles. The van der Waals surface area contributed by atoms with Gasteiger partial charge in [-0.2, -0.15) is 13.2 Å². The van der Waals surface area contributed by atoms with E-state index in [0.717, 1.165) is 17.5 Å². The maximum Gasteiger partial charge on any atom is 0.418 e. The number of rotatable bonds is 5. The summed E-state index contributed by atoms with van der Waals surface area (Å²) in [5.41, 5.74) is -0.846. The molecule has 0 unspecified atom stereocenters. The number of benzene rings is 2. The predicted molar refractivity (Wildman–Crippen MR) is 98.7 cm³/mol. The van der Waals surface area contributed by atoms with Gasteiger partial charge < -0.3 is 9.47 Å². The normalized spacial score (nSPS) is 11.3. The summed E-state index contributed by atoms with van der Waals surface area (Å²) in [4.78, 5) is 16.0. The first-order valence-electron chi connectivity index (χ1n) is 8.11. The lowest BCUT2D eigenvalue weighted by molar-refractivity contribution is -0.136. The van der Waals surface area contributed by atoms with Gasteiger partial charge in [0, 0.05) is 16.6 Å². The SMILES string of the molecule is O=C(Nc1ccc(Cl)cc1C(F)(F)F)OCCOc1cccc2cccnc12. The van der Waals surface area contributed by atoms with Crippen LogP contribution >= 0.6 is 11.6 Å². The van der Waals surface area contributed by atoms with Gasteiger partial charge >= 0.3 is 12.3 Å². The Morgan fingerprint density at radius 3 is 2.68 bits per heavy atom. The Labute approximate surface area is 163 Å². The second kappa shape index (κ2) is 8.35. The average Bonchev–Trinajstić information content (AvgIpc) is 2.66. The second-order valence-electron chi connectivity index (χ2n) is 5.63. The summed E-state index contributed by atoms with van der Waals surface area (Å²) in [7, 11) is 0. The van der Waals surface area contributed by atoms with Gasteiger partial charge in [0.15, 0.2) is 0 Å². The van der Waals surface area contributed by atoms with E-state index in [4.69, 9.17) is 21.1 Å². The van der Waals surface area contributed by atoms with Gasteiger partial charge in [-0.05, 0) is 30.3 Å². The molecule has 146 valence electrons. The third kappa shape index (κ3) is 4.83. The molecular weight excluding hydrogens is 397 g/mol. The summed E-state index contributed by atoms with van der Waals surface area (Å²) >= 11 is 5.60. The Morgan fingerprint density at radius 2 is 1.89 bits per heavy atom. The lowest BCUT2D eigenvalue weighted by atomic mass is 10.1. The third-order valence-electron chi connectivity index (χ3n) is 3.69. The second-order valence-corrected chi connectivity index (χ2v) is 6.06. The van der Waals surface area contributed by atoms with Gasteiger partial charge in [0.25, 0.3) is 0 Å². The summed E-state index contributed by atoms with van der Waals surface area (Å²) in [6, 6.07) is 12.1. The monoisotopic (exact) mass is 410 g/mol. The average molecular weight is 411 g/mol. The number of hydrogen-bond acceptors (Lipinski definition) is 4. The first-order chi connectivity index (χ1) is 13.3. The van der Waals surface area contributed by atoms with Crippen LogP contribution in [-0.4, -0.2) is 24.3 Å². The van der Waals surface area contributed by atoms with Crippen molar-refractivity contribution in [1.82, 2.24) is 4.98 Å². The van der Waals surface area contributed by atoms with Crippen molar-refractivity contribution in [2.75, 3.05) is 18.5 Å². The molecule has 3 aromatic rings. The van der Waals surface area contributed by atoms with Crippen molar-refractivity contribution in [3.8, 4) is 5.75 Å². The number of fused-ring (bicyclic) bond motifs is 1. The Hall–Kier alpha value is -3.00. The van der Waals surface area contributed by atoms with Crippen LogP contribution in [0.5, 0.6) is 5.75 Å². The van der Waals surface area contributed by atoms with E-state index < -0.39 is 23.5 Å². The molecular formula is C19H14ClF3N2O3. The molecule has 0 bridgehead atoms. The van der Waals surface area contributed by atoms with Crippen molar-refractivity contribution in [2.24, 2.45) is 0 Å². The van der Waals surface area contributed by atoms with E-state index >= 15 is 0 Å². The first kappa shape index (κ1) is 19.8. The fourth-order valence-corrected chi connectivity index (χ4v) is 2.66. The fraction of sp³-hybridized carbons (Fsp3) is 0.158. The van der Waals surface area contributed by atoms with E-state index in [1.54, 1.807) is 24.4 Å². The minimum atomic E-state index is -4.67. The Kier molecular flexibility index (Phi) is 5.89. The quantitative estimate of drug-likeness (QED) is 0.561. The van der Waals surface area contributed by atoms with Crippen molar-refractivity contribution in [2.45, 2.75) is 6.18 Å². The highest BCUT2D eigenvalue weighted by molar-refractivity contribution is 6.30. The van der Waals surface area contributed by atoms with E-state index in [1.165, 1.54) is 6.07 Å². The van der Waals surface area contributed by atoms with Crippen LogP contribution in [0.2, 0.25) is 5.02 Å². The van der Waals surface area contributed by atoms with Crippen molar-refractivity contribution in [1.29, 1.82) is 0 Å². The fourth-order valence-electron chi connectivity index (χ4n) is 2.48. The summed E-state index contributed by atoms with van der Waals surface area (Å²) in [6.07, 6.45) is -4.07. The minimum Gasteiger partial charge on any atom is -0.488 e. The molecule has 0 radical (unpaired) electrons. The number of pyridine rings is 1. The van der Waals surface area contributed by atoms with Crippen LogP contribution in [0.4, 0.5) is 23.7 Å². The largest absolute Gasteiger partial charge is 0.488 e. The number of para-hydroxylation sites is 1. The lowest BCUT2D eigenvalue weighted by Gasteiger charge is -2.14. The maximum atomic E-state index is 13.0. The number of ether oxygens (including phenoxy) is 2. The molecule has 0 aliphatic rings. The molecule has 3 rings (SSSR count). The van der Waals surface area contributed by atoms with Crippen molar-refractivity contribution in [3.05, 3.63) is 65.3 Å². The van der Waals surface area contributed by atoms with E-state index in [0.29, 0.717) is 11.3 Å². The number of aromatic nitrogens is 1. The third-order valence-corrected chi connectivity index (χ3v) is 3.93. The first-order valence-corrected chi connectivity index (χ1v) is 8.49. The van der Waals surface area contributed by atoms with Gasteiger partial charge in [0.1, 0.15) is 24.5 Å². The molecule has 0 atom stereocenters. The van der Waals surface area contributed by atoms with Crippen LogP contribution in [0.1, 0.15) is 5.56 Å². The number of nitrogens with zero attached hydrogens (tertiary/aromatic N) is 1. The van der Waals surface area contributed by atoms with Crippen LogP contribution in [0.3, 0.4) is 0 Å². The number of hydrogen-bond donors (Lipinski definition) is 1. The number of halogens is 4. The standard InChI is InChI=1S/C19H14ClF3N2O3/c20-13-6-7-15(14(11-13)19(21,22)23)25-18(26)28-10-9-27-16-5-1-3-12-4-2-8-24-17(12)16/h1-8,11H,9-10H2,(H,25,26). The van der Waals surface area contributed by atoms with Crippen LogP contribution in [0, 0.1) is 0 Å². The smallest absolute Gasteiger partial charge is 0.418 e. The van der Waals surface area contributed by atoms with Gasteiger partial charge in [-0.1, -0.05) is 29.8 Å². The molecule has 28 heavy (non-hydrogen) atoms. The number of nitrogens with one attached hydrogen (secondary N) is 1. The summed E-state index contributed by atoms with van der Waals surface area (Å²) in [5, 5.41) is 2.86. The molecule has 5 nitrogen and oxygen atoms in total. The van der Waals surface area contributed by atoms with Crippen LogP contribution < -0.4 is 10.1 Å². The van der Waals surface area contributed by atoms with Gasteiger partial charge in [0.05, 0.1) is 11.3 Å². The van der Waals surface area contributed by atoms with Crippen LogP contribution in [-0.2, 0) is 10.9 Å². The van der Waals surface area contributed by atoms with E-state index in [-0.39, 0.29) is 18.2 Å². The summed E-state index contributed by atoms with van der Waals surface area (Å²) in [6.45, 7) is -0.153. The Balaban J connectivity index is 1.56. The zero-order valence-electron chi connectivity index (χ0n) is 14.3. The maximum absolute atomic E-state index is 13.0. The van der Waals surface area contributed by atoms with Gasteiger partial charge in [-0.25, -0.2) is 4.79 Å². The molecule has 2 aromatic carbocycles. The van der Waals surface area contributed by atoms with E-state index in [2.05, 4.69) is 10.3 Å². The minimum absolute atomic E-state index is 0.00978. The number of anilines is 1.